The fraction of sp³-hybridized carbons (Fsp3) is 0.833. The molecule has 1 fully saturated rings. The van der Waals surface area contributed by atoms with Gasteiger partial charge in [-0.3, -0.25) is 14.5 Å². The molecule has 1 aliphatic rings. The van der Waals surface area contributed by atoms with Gasteiger partial charge in [-0.1, -0.05) is 0 Å². The summed E-state index contributed by atoms with van der Waals surface area (Å²) in [5.41, 5.74) is 5.72. The average molecular weight is 256 g/mol. The Morgan fingerprint density at radius 2 is 1.94 bits per heavy atom. The molecule has 2 amide bonds. The van der Waals surface area contributed by atoms with E-state index < -0.39 is 0 Å². The van der Waals surface area contributed by atoms with Crippen molar-refractivity contribution in [2.45, 2.75) is 25.8 Å². The molecule has 1 unspecified atom stereocenters. The predicted molar refractivity (Wildman–Crippen MR) is 69.9 cm³/mol. The molecule has 4 N–H and O–H groups in total. The topological polar surface area (TPSA) is 87.5 Å². The van der Waals surface area contributed by atoms with Crippen LogP contribution in [0.3, 0.4) is 0 Å². The highest BCUT2D eigenvalue weighted by molar-refractivity contribution is 5.78. The number of carbonyl (C=O) groups excluding carboxylic acids is 2. The van der Waals surface area contributed by atoms with Crippen LogP contribution in [-0.2, 0) is 9.59 Å². The van der Waals surface area contributed by atoms with E-state index in [0.29, 0.717) is 38.1 Å². The Morgan fingerprint density at radius 3 is 2.44 bits per heavy atom. The maximum Gasteiger partial charge on any atom is 0.234 e. The maximum absolute atomic E-state index is 11.7. The molecule has 6 heteroatoms. The van der Waals surface area contributed by atoms with Crippen LogP contribution in [0.2, 0.25) is 0 Å². The molecule has 0 aromatic carbocycles. The van der Waals surface area contributed by atoms with Crippen LogP contribution in [0.4, 0.5) is 0 Å². The molecule has 0 saturated heterocycles. The molecular formula is C12H24N4O2. The van der Waals surface area contributed by atoms with E-state index in [2.05, 4.69) is 10.6 Å². The number of carbonyl (C=O) groups is 2. The van der Waals surface area contributed by atoms with Crippen LogP contribution in [0, 0.1) is 5.92 Å². The van der Waals surface area contributed by atoms with Gasteiger partial charge in [0.1, 0.15) is 0 Å². The van der Waals surface area contributed by atoms with E-state index in [4.69, 9.17) is 5.73 Å². The summed E-state index contributed by atoms with van der Waals surface area (Å²) >= 11 is 0. The molecule has 0 heterocycles. The summed E-state index contributed by atoms with van der Waals surface area (Å²) < 4.78 is 0. The molecule has 1 rings (SSSR count). The van der Waals surface area contributed by atoms with Gasteiger partial charge in [-0.05, 0) is 25.8 Å². The molecule has 1 atom stereocenters. The highest BCUT2D eigenvalue weighted by atomic mass is 16.2. The van der Waals surface area contributed by atoms with Crippen LogP contribution in [0.5, 0.6) is 0 Å². The Kier molecular flexibility index (Phi) is 6.07. The smallest absolute Gasteiger partial charge is 0.234 e. The van der Waals surface area contributed by atoms with Crippen LogP contribution >= 0.6 is 0 Å². The minimum atomic E-state index is -0.0849. The first-order valence-corrected chi connectivity index (χ1v) is 6.46. The van der Waals surface area contributed by atoms with Gasteiger partial charge in [0.25, 0.3) is 0 Å². The van der Waals surface area contributed by atoms with E-state index in [1.165, 1.54) is 19.8 Å². The van der Waals surface area contributed by atoms with Gasteiger partial charge in [0.15, 0.2) is 0 Å². The first-order chi connectivity index (χ1) is 8.54. The van der Waals surface area contributed by atoms with Gasteiger partial charge >= 0.3 is 0 Å². The van der Waals surface area contributed by atoms with Gasteiger partial charge < -0.3 is 16.4 Å². The summed E-state index contributed by atoms with van der Waals surface area (Å²) in [7, 11) is 1.93. The summed E-state index contributed by atoms with van der Waals surface area (Å²) in [6.45, 7) is 3.34. The summed E-state index contributed by atoms with van der Waals surface area (Å²) in [5.74, 6) is 0.549. The Morgan fingerprint density at radius 1 is 1.33 bits per heavy atom. The second-order valence-corrected chi connectivity index (χ2v) is 4.89. The van der Waals surface area contributed by atoms with Crippen LogP contribution in [0.25, 0.3) is 0 Å². The lowest BCUT2D eigenvalue weighted by atomic mass is 10.1. The molecule has 0 bridgehead atoms. The van der Waals surface area contributed by atoms with Crippen LogP contribution in [0.15, 0.2) is 0 Å². The monoisotopic (exact) mass is 256 g/mol. The third-order valence-corrected chi connectivity index (χ3v) is 3.19. The molecule has 104 valence electrons. The SMILES string of the molecule is CC(=O)NCCNC(=O)CN(C)C(CN)C1CC1. The molecule has 1 saturated carbocycles. The van der Waals surface area contributed by atoms with E-state index in [-0.39, 0.29) is 11.8 Å². The molecule has 0 aromatic heterocycles. The van der Waals surface area contributed by atoms with Gasteiger partial charge in [-0.2, -0.15) is 0 Å². The number of rotatable bonds is 8. The van der Waals surface area contributed by atoms with Crippen LogP contribution in [0.1, 0.15) is 19.8 Å². The van der Waals surface area contributed by atoms with Crippen molar-refractivity contribution in [3.63, 3.8) is 0 Å². The lowest BCUT2D eigenvalue weighted by molar-refractivity contribution is -0.123. The minimum Gasteiger partial charge on any atom is -0.355 e. The van der Waals surface area contributed by atoms with Crippen LogP contribution in [-0.4, -0.2) is 56.0 Å². The molecule has 18 heavy (non-hydrogen) atoms. The number of hydrogen-bond donors (Lipinski definition) is 3. The van der Waals surface area contributed by atoms with E-state index >= 15 is 0 Å². The van der Waals surface area contributed by atoms with Crippen molar-refractivity contribution in [3.8, 4) is 0 Å². The van der Waals surface area contributed by atoms with Crippen molar-refractivity contribution >= 4 is 11.8 Å². The molecule has 0 radical (unpaired) electrons. The summed E-state index contributed by atoms with van der Waals surface area (Å²) in [6.07, 6.45) is 2.44. The van der Waals surface area contributed by atoms with Gasteiger partial charge in [-0.15, -0.1) is 0 Å². The minimum absolute atomic E-state index is 0.0260. The maximum atomic E-state index is 11.7. The van der Waals surface area contributed by atoms with Crippen molar-refractivity contribution < 1.29 is 9.59 Å². The Labute approximate surface area is 108 Å². The van der Waals surface area contributed by atoms with E-state index in [0.717, 1.165) is 0 Å². The average Bonchev–Trinajstić information content (AvgIpc) is 3.09. The largest absolute Gasteiger partial charge is 0.355 e. The van der Waals surface area contributed by atoms with Crippen molar-refractivity contribution in [3.05, 3.63) is 0 Å². The van der Waals surface area contributed by atoms with Gasteiger partial charge in [0, 0.05) is 32.6 Å². The second kappa shape index (κ2) is 7.33. The lowest BCUT2D eigenvalue weighted by Crippen LogP contribution is -2.46. The van der Waals surface area contributed by atoms with Gasteiger partial charge in [0.2, 0.25) is 11.8 Å². The second-order valence-electron chi connectivity index (χ2n) is 4.89. The summed E-state index contributed by atoms with van der Waals surface area (Å²) in [5, 5.41) is 5.40. The van der Waals surface area contributed by atoms with E-state index in [1.54, 1.807) is 0 Å². The molecule has 0 aromatic rings. The highest BCUT2D eigenvalue weighted by Gasteiger charge is 2.33. The quantitative estimate of drug-likeness (QED) is 0.481. The molecule has 0 spiro atoms. The lowest BCUT2D eigenvalue weighted by Gasteiger charge is -2.26. The number of nitrogens with one attached hydrogen (secondary N) is 2. The first-order valence-electron chi connectivity index (χ1n) is 6.46. The van der Waals surface area contributed by atoms with E-state index in [1.807, 2.05) is 11.9 Å². The van der Waals surface area contributed by atoms with Crippen molar-refractivity contribution in [2.24, 2.45) is 11.7 Å². The van der Waals surface area contributed by atoms with Gasteiger partial charge in [0.05, 0.1) is 6.54 Å². The van der Waals surface area contributed by atoms with Crippen molar-refractivity contribution in [1.29, 1.82) is 0 Å². The third kappa shape index (κ3) is 5.46. The van der Waals surface area contributed by atoms with Gasteiger partial charge in [-0.25, -0.2) is 0 Å². The standard InChI is InChI=1S/C12H24N4O2/c1-9(17)14-5-6-15-12(18)8-16(2)11(7-13)10-3-4-10/h10-11H,3-8,13H2,1-2H3,(H,14,17)(H,15,18). The summed E-state index contributed by atoms with van der Waals surface area (Å²) in [4.78, 5) is 24.3. The molecule has 0 aliphatic heterocycles. The Balaban J connectivity index is 2.16. The van der Waals surface area contributed by atoms with Crippen LogP contribution < -0.4 is 16.4 Å². The third-order valence-electron chi connectivity index (χ3n) is 3.19. The molecular weight excluding hydrogens is 232 g/mol. The van der Waals surface area contributed by atoms with Crippen molar-refractivity contribution in [1.82, 2.24) is 15.5 Å². The molecule has 1 aliphatic carbocycles. The fourth-order valence-corrected chi connectivity index (χ4v) is 2.05. The zero-order chi connectivity index (χ0) is 13.5. The van der Waals surface area contributed by atoms with Crippen molar-refractivity contribution in [2.75, 3.05) is 33.2 Å². The number of amides is 2. The fourth-order valence-electron chi connectivity index (χ4n) is 2.05. The Bertz CT molecular complexity index is 292. The zero-order valence-corrected chi connectivity index (χ0v) is 11.2. The zero-order valence-electron chi connectivity index (χ0n) is 11.2. The van der Waals surface area contributed by atoms with E-state index in [9.17, 15) is 9.59 Å². The highest BCUT2D eigenvalue weighted by Crippen LogP contribution is 2.34. The number of nitrogens with two attached hydrogens (primary N) is 1. The number of hydrogen-bond acceptors (Lipinski definition) is 4. The first kappa shape index (κ1) is 14.9. The molecule has 6 nitrogen and oxygen atoms in total. The number of nitrogens with zero attached hydrogens (tertiary/aromatic N) is 1. The predicted octanol–water partition coefficient (Wildman–Crippen LogP) is -1.09. The Hall–Kier alpha value is -1.14. The summed E-state index contributed by atoms with van der Waals surface area (Å²) in [6, 6.07) is 0.311. The number of likely N-dealkylation sites (N-methyl/N-ethyl adjacent to an activating group) is 1. The normalized spacial score (nSPS) is 16.4.